The lowest BCUT2D eigenvalue weighted by Gasteiger charge is -2.17. The molecule has 0 bridgehead atoms. The Morgan fingerprint density at radius 2 is 1.73 bits per heavy atom. The minimum atomic E-state index is -0.150. The van der Waals surface area contributed by atoms with Gasteiger partial charge in [-0.05, 0) is 36.6 Å². The number of hydrogen-bond acceptors (Lipinski definition) is 4. The van der Waals surface area contributed by atoms with Crippen LogP contribution in [0.5, 0.6) is 0 Å². The molecule has 0 radical (unpaired) electrons. The summed E-state index contributed by atoms with van der Waals surface area (Å²) >= 11 is 1.58. The first kappa shape index (κ1) is 16.6. The van der Waals surface area contributed by atoms with Crippen molar-refractivity contribution in [1.29, 1.82) is 0 Å². The fraction of sp³-hybridized carbons (Fsp3) is 0.278. The van der Waals surface area contributed by atoms with Crippen LogP contribution in [0.1, 0.15) is 24.8 Å². The molecule has 0 aliphatic rings. The Hall–Kier alpha value is -1.78. The van der Waals surface area contributed by atoms with Gasteiger partial charge in [-0.1, -0.05) is 48.5 Å². The highest BCUT2D eigenvalue weighted by molar-refractivity contribution is 7.97. The molecule has 0 saturated heterocycles. The summed E-state index contributed by atoms with van der Waals surface area (Å²) in [4.78, 5) is 13.0. The number of carbonyl (C=O) groups is 1. The van der Waals surface area contributed by atoms with Gasteiger partial charge in [-0.15, -0.1) is 0 Å². The molecule has 0 aliphatic carbocycles. The molecule has 116 valence electrons. The third kappa shape index (κ3) is 5.54. The van der Waals surface area contributed by atoms with Crippen molar-refractivity contribution in [2.24, 2.45) is 0 Å². The molecule has 1 N–H and O–H groups in total. The third-order valence-electron chi connectivity index (χ3n) is 3.25. The van der Waals surface area contributed by atoms with Gasteiger partial charge in [0.15, 0.2) is 0 Å². The van der Waals surface area contributed by atoms with Crippen molar-refractivity contribution in [2.45, 2.75) is 24.2 Å². The SMILES string of the molecule is CCOC(=O)CC(CNSc1ccccc1)c1ccccc1. The highest BCUT2D eigenvalue weighted by Gasteiger charge is 2.16. The van der Waals surface area contributed by atoms with Gasteiger partial charge in [-0.25, -0.2) is 0 Å². The second-order valence-electron chi connectivity index (χ2n) is 4.88. The predicted octanol–water partition coefficient (Wildman–Crippen LogP) is 4.02. The number of carbonyl (C=O) groups excluding carboxylic acids is 1. The van der Waals surface area contributed by atoms with Gasteiger partial charge in [-0.2, -0.15) is 0 Å². The number of hydrogen-bond donors (Lipinski definition) is 1. The first-order valence-electron chi connectivity index (χ1n) is 7.45. The monoisotopic (exact) mass is 315 g/mol. The quantitative estimate of drug-likeness (QED) is 0.590. The standard InChI is InChI=1S/C18H21NO2S/c1-2-21-18(20)13-16(15-9-5-3-6-10-15)14-19-22-17-11-7-4-8-12-17/h3-12,16,19H,2,13-14H2,1H3. The topological polar surface area (TPSA) is 38.3 Å². The van der Waals surface area contributed by atoms with Gasteiger partial charge in [0.2, 0.25) is 0 Å². The Bertz CT molecular complexity index is 560. The van der Waals surface area contributed by atoms with Crippen molar-refractivity contribution < 1.29 is 9.53 Å². The molecule has 0 amide bonds. The molecule has 0 aromatic heterocycles. The molecule has 4 heteroatoms. The van der Waals surface area contributed by atoms with Gasteiger partial charge in [0.1, 0.15) is 0 Å². The van der Waals surface area contributed by atoms with E-state index in [1.54, 1.807) is 11.9 Å². The van der Waals surface area contributed by atoms with Crippen molar-refractivity contribution in [3.63, 3.8) is 0 Å². The minimum absolute atomic E-state index is 0.108. The summed E-state index contributed by atoms with van der Waals surface area (Å²) in [5.74, 6) is -0.0423. The van der Waals surface area contributed by atoms with E-state index in [0.717, 1.165) is 10.5 Å². The van der Waals surface area contributed by atoms with Crippen LogP contribution in [0.3, 0.4) is 0 Å². The van der Waals surface area contributed by atoms with Crippen LogP contribution in [-0.2, 0) is 9.53 Å². The molecular formula is C18H21NO2S. The molecule has 2 rings (SSSR count). The molecule has 0 saturated carbocycles. The Balaban J connectivity index is 1.94. The zero-order valence-electron chi connectivity index (χ0n) is 12.7. The molecule has 1 atom stereocenters. The number of benzene rings is 2. The number of rotatable bonds is 8. The summed E-state index contributed by atoms with van der Waals surface area (Å²) in [7, 11) is 0. The zero-order chi connectivity index (χ0) is 15.6. The van der Waals surface area contributed by atoms with Crippen LogP contribution < -0.4 is 4.72 Å². The van der Waals surface area contributed by atoms with Crippen LogP contribution in [-0.4, -0.2) is 19.1 Å². The van der Waals surface area contributed by atoms with Gasteiger partial charge in [0, 0.05) is 17.4 Å². The fourth-order valence-electron chi connectivity index (χ4n) is 2.17. The summed E-state index contributed by atoms with van der Waals surface area (Å²) in [5.41, 5.74) is 1.15. The molecule has 0 heterocycles. The van der Waals surface area contributed by atoms with E-state index in [2.05, 4.69) is 29.0 Å². The molecule has 0 aliphatic heterocycles. The summed E-state index contributed by atoms with van der Waals surface area (Å²) in [6.07, 6.45) is 0.389. The molecule has 1 unspecified atom stereocenters. The van der Waals surface area contributed by atoms with Gasteiger partial charge >= 0.3 is 5.97 Å². The van der Waals surface area contributed by atoms with Gasteiger partial charge in [0.05, 0.1) is 13.0 Å². The molecule has 22 heavy (non-hydrogen) atoms. The molecule has 0 spiro atoms. The van der Waals surface area contributed by atoms with Crippen LogP contribution in [0.4, 0.5) is 0 Å². The van der Waals surface area contributed by atoms with E-state index >= 15 is 0 Å². The minimum Gasteiger partial charge on any atom is -0.466 e. The van der Waals surface area contributed by atoms with E-state index in [-0.39, 0.29) is 11.9 Å². The van der Waals surface area contributed by atoms with Crippen LogP contribution in [0, 0.1) is 0 Å². The van der Waals surface area contributed by atoms with E-state index in [4.69, 9.17) is 4.74 Å². The first-order chi connectivity index (χ1) is 10.8. The average molecular weight is 315 g/mol. The predicted molar refractivity (Wildman–Crippen MR) is 90.7 cm³/mol. The molecule has 0 fully saturated rings. The van der Waals surface area contributed by atoms with Gasteiger partial charge in [-0.3, -0.25) is 9.52 Å². The fourth-order valence-corrected chi connectivity index (χ4v) is 2.91. The Morgan fingerprint density at radius 3 is 2.36 bits per heavy atom. The maximum atomic E-state index is 11.8. The molecule has 3 nitrogen and oxygen atoms in total. The Kier molecular flexibility index (Phi) is 7.00. The summed E-state index contributed by atoms with van der Waals surface area (Å²) in [5, 5.41) is 0. The second-order valence-corrected chi connectivity index (χ2v) is 5.84. The molecule has 2 aromatic rings. The van der Waals surface area contributed by atoms with Crippen molar-refractivity contribution in [2.75, 3.05) is 13.2 Å². The number of nitrogens with one attached hydrogen (secondary N) is 1. The van der Waals surface area contributed by atoms with Crippen LogP contribution >= 0.6 is 11.9 Å². The summed E-state index contributed by atoms with van der Waals surface area (Å²) in [6.45, 7) is 2.97. The zero-order valence-corrected chi connectivity index (χ0v) is 13.5. The largest absolute Gasteiger partial charge is 0.466 e. The van der Waals surface area contributed by atoms with Crippen molar-refractivity contribution in [3.05, 3.63) is 66.2 Å². The first-order valence-corrected chi connectivity index (χ1v) is 8.26. The lowest BCUT2D eigenvalue weighted by Crippen LogP contribution is -2.19. The highest BCUT2D eigenvalue weighted by Crippen LogP contribution is 2.21. The maximum Gasteiger partial charge on any atom is 0.306 e. The highest BCUT2D eigenvalue weighted by atomic mass is 32.2. The van der Waals surface area contributed by atoms with E-state index in [0.29, 0.717) is 19.6 Å². The van der Waals surface area contributed by atoms with E-state index < -0.39 is 0 Å². The number of ether oxygens (including phenoxy) is 1. The summed E-state index contributed by atoms with van der Waals surface area (Å²) in [6, 6.07) is 20.2. The molecular weight excluding hydrogens is 294 g/mol. The van der Waals surface area contributed by atoms with E-state index in [9.17, 15) is 4.79 Å². The van der Waals surface area contributed by atoms with Crippen LogP contribution in [0.15, 0.2) is 65.6 Å². The smallest absolute Gasteiger partial charge is 0.306 e. The Morgan fingerprint density at radius 1 is 1.09 bits per heavy atom. The number of esters is 1. The van der Waals surface area contributed by atoms with Gasteiger partial charge in [0.25, 0.3) is 0 Å². The van der Waals surface area contributed by atoms with Crippen molar-refractivity contribution in [1.82, 2.24) is 4.72 Å². The van der Waals surface area contributed by atoms with Crippen LogP contribution in [0.2, 0.25) is 0 Å². The lowest BCUT2D eigenvalue weighted by molar-refractivity contribution is -0.143. The average Bonchev–Trinajstić information content (AvgIpc) is 2.56. The van der Waals surface area contributed by atoms with E-state index in [1.807, 2.05) is 43.3 Å². The third-order valence-corrected chi connectivity index (χ3v) is 4.07. The Labute approximate surface area is 136 Å². The van der Waals surface area contributed by atoms with Crippen molar-refractivity contribution in [3.8, 4) is 0 Å². The normalized spacial score (nSPS) is 11.9. The second kappa shape index (κ2) is 9.28. The lowest BCUT2D eigenvalue weighted by atomic mass is 9.96. The molecule has 2 aromatic carbocycles. The maximum absolute atomic E-state index is 11.8. The van der Waals surface area contributed by atoms with E-state index in [1.165, 1.54) is 0 Å². The summed E-state index contributed by atoms with van der Waals surface area (Å²) < 4.78 is 8.44. The van der Waals surface area contributed by atoms with Crippen LogP contribution in [0.25, 0.3) is 0 Å². The van der Waals surface area contributed by atoms with Gasteiger partial charge < -0.3 is 4.74 Å². The van der Waals surface area contributed by atoms with Crippen molar-refractivity contribution >= 4 is 17.9 Å².